The minimum atomic E-state index is -0.623. The Hall–Kier alpha value is -1.35. The highest BCUT2D eigenvalue weighted by Crippen LogP contribution is 2.07. The molecule has 0 aliphatic heterocycles. The molecule has 0 amide bonds. The summed E-state index contributed by atoms with van der Waals surface area (Å²) < 4.78 is 5.06. The molecule has 1 aromatic carbocycles. The number of para-hydroxylation sites is 1. The number of Topliss-reactive ketones (excluding diaryl/α,β-unsaturated/α-hetero) is 2. The lowest BCUT2D eigenvalue weighted by Crippen LogP contribution is -2.22. The first-order valence-electron chi connectivity index (χ1n) is 4.04. The van der Waals surface area contributed by atoms with Crippen LogP contribution in [0.2, 0.25) is 0 Å². The van der Waals surface area contributed by atoms with Gasteiger partial charge in [-0.1, -0.05) is 18.2 Å². The summed E-state index contributed by atoms with van der Waals surface area (Å²) in [6.07, 6.45) is 0. The second-order valence-corrected chi connectivity index (χ2v) is 2.85. The molecular formula is C10H9ClO3. The monoisotopic (exact) mass is 212 g/mol. The van der Waals surface area contributed by atoms with E-state index < -0.39 is 11.6 Å². The molecule has 0 unspecified atom stereocenters. The number of hydrogen-bond donors (Lipinski definition) is 0. The Morgan fingerprint density at radius 1 is 1.14 bits per heavy atom. The molecule has 0 saturated carbocycles. The van der Waals surface area contributed by atoms with Crippen LogP contribution in [-0.4, -0.2) is 24.1 Å². The number of benzene rings is 1. The Morgan fingerprint density at radius 2 is 1.79 bits per heavy atom. The lowest BCUT2D eigenvalue weighted by atomic mass is 10.3. The second-order valence-electron chi connectivity index (χ2n) is 2.58. The molecular weight excluding hydrogens is 204 g/mol. The molecule has 1 rings (SSSR count). The Kier molecular flexibility index (Phi) is 4.13. The van der Waals surface area contributed by atoms with E-state index in [1.165, 1.54) is 0 Å². The van der Waals surface area contributed by atoms with Gasteiger partial charge < -0.3 is 4.74 Å². The fraction of sp³-hybridized carbons (Fsp3) is 0.200. The molecule has 0 aliphatic rings. The summed E-state index contributed by atoms with van der Waals surface area (Å²) in [5.41, 5.74) is 0. The summed E-state index contributed by atoms with van der Waals surface area (Å²) in [5, 5.41) is 0. The van der Waals surface area contributed by atoms with Gasteiger partial charge >= 0.3 is 0 Å². The molecule has 0 N–H and O–H groups in total. The van der Waals surface area contributed by atoms with Gasteiger partial charge in [-0.2, -0.15) is 0 Å². The maximum absolute atomic E-state index is 11.0. The van der Waals surface area contributed by atoms with E-state index in [1.807, 2.05) is 6.07 Å². The molecule has 0 aliphatic carbocycles. The number of ketones is 2. The number of hydrogen-bond acceptors (Lipinski definition) is 3. The molecule has 0 saturated heterocycles. The molecule has 0 radical (unpaired) electrons. The number of halogens is 1. The van der Waals surface area contributed by atoms with E-state index >= 15 is 0 Å². The molecule has 4 heteroatoms. The number of rotatable bonds is 5. The summed E-state index contributed by atoms with van der Waals surface area (Å²) in [4.78, 5) is 21.8. The smallest absolute Gasteiger partial charge is 0.236 e. The van der Waals surface area contributed by atoms with E-state index in [4.69, 9.17) is 16.3 Å². The molecule has 0 bridgehead atoms. The van der Waals surface area contributed by atoms with Gasteiger partial charge in [-0.15, -0.1) is 11.6 Å². The van der Waals surface area contributed by atoms with Crippen molar-refractivity contribution in [3.63, 3.8) is 0 Å². The summed E-state index contributed by atoms with van der Waals surface area (Å²) in [7, 11) is 0. The van der Waals surface area contributed by atoms with Crippen LogP contribution >= 0.6 is 11.6 Å². The molecule has 3 nitrogen and oxygen atoms in total. The fourth-order valence-electron chi connectivity index (χ4n) is 0.821. The van der Waals surface area contributed by atoms with Crippen molar-refractivity contribution < 1.29 is 14.3 Å². The van der Waals surface area contributed by atoms with Gasteiger partial charge in [-0.3, -0.25) is 9.59 Å². The van der Waals surface area contributed by atoms with E-state index in [0.717, 1.165) is 0 Å². The maximum Gasteiger partial charge on any atom is 0.236 e. The first-order chi connectivity index (χ1) is 6.74. The predicted molar refractivity (Wildman–Crippen MR) is 52.7 cm³/mol. The fourth-order valence-corrected chi connectivity index (χ4v) is 0.970. The third-order valence-electron chi connectivity index (χ3n) is 1.55. The highest BCUT2D eigenvalue weighted by Gasteiger charge is 2.12. The van der Waals surface area contributed by atoms with Crippen LogP contribution in [0.15, 0.2) is 30.3 Å². The van der Waals surface area contributed by atoms with Gasteiger partial charge in [0, 0.05) is 0 Å². The number of carbonyl (C=O) groups is 2. The van der Waals surface area contributed by atoms with Crippen molar-refractivity contribution in [1.29, 1.82) is 0 Å². The standard InChI is InChI=1S/C10H9ClO3/c11-6-9(12)10(13)7-14-8-4-2-1-3-5-8/h1-5H,6-7H2. The zero-order chi connectivity index (χ0) is 10.4. The Morgan fingerprint density at radius 3 is 2.36 bits per heavy atom. The SMILES string of the molecule is O=C(CCl)C(=O)COc1ccccc1. The predicted octanol–water partition coefficient (Wildman–Crippen LogP) is 1.44. The Balaban J connectivity index is 2.42. The zero-order valence-corrected chi connectivity index (χ0v) is 8.16. The van der Waals surface area contributed by atoms with Crippen LogP contribution in [0.25, 0.3) is 0 Å². The third-order valence-corrected chi connectivity index (χ3v) is 1.79. The Labute approximate surface area is 86.6 Å². The first kappa shape index (κ1) is 10.7. The molecule has 0 fully saturated rings. The number of carbonyl (C=O) groups excluding carboxylic acids is 2. The van der Waals surface area contributed by atoms with Crippen LogP contribution in [-0.2, 0) is 9.59 Å². The van der Waals surface area contributed by atoms with E-state index in [9.17, 15) is 9.59 Å². The zero-order valence-electron chi connectivity index (χ0n) is 7.40. The van der Waals surface area contributed by atoms with E-state index in [-0.39, 0.29) is 12.5 Å². The second kappa shape index (κ2) is 5.40. The van der Waals surface area contributed by atoms with Crippen LogP contribution < -0.4 is 4.74 Å². The molecule has 74 valence electrons. The summed E-state index contributed by atoms with van der Waals surface area (Å²) >= 11 is 5.20. The van der Waals surface area contributed by atoms with Crippen LogP contribution in [0.1, 0.15) is 0 Å². The van der Waals surface area contributed by atoms with Crippen molar-refractivity contribution in [3.8, 4) is 5.75 Å². The Bertz CT molecular complexity index is 321. The number of alkyl halides is 1. The first-order valence-corrected chi connectivity index (χ1v) is 4.57. The minimum Gasteiger partial charge on any atom is -0.485 e. The van der Waals surface area contributed by atoms with Gasteiger partial charge in [-0.05, 0) is 12.1 Å². The van der Waals surface area contributed by atoms with Crippen molar-refractivity contribution in [1.82, 2.24) is 0 Å². The molecule has 0 atom stereocenters. The summed E-state index contributed by atoms with van der Waals surface area (Å²) in [5.74, 6) is -0.966. The topological polar surface area (TPSA) is 43.4 Å². The van der Waals surface area contributed by atoms with Gasteiger partial charge in [0.25, 0.3) is 0 Å². The average Bonchev–Trinajstić information content (AvgIpc) is 2.26. The van der Waals surface area contributed by atoms with Gasteiger partial charge in [0.1, 0.15) is 5.75 Å². The van der Waals surface area contributed by atoms with Gasteiger partial charge in [0.05, 0.1) is 5.88 Å². The van der Waals surface area contributed by atoms with Crippen LogP contribution in [0, 0.1) is 0 Å². The quantitative estimate of drug-likeness (QED) is 0.548. The average molecular weight is 213 g/mol. The maximum atomic E-state index is 11.0. The van der Waals surface area contributed by atoms with E-state index in [0.29, 0.717) is 5.75 Å². The van der Waals surface area contributed by atoms with Crippen LogP contribution in [0.3, 0.4) is 0 Å². The minimum absolute atomic E-state index is 0.254. The van der Waals surface area contributed by atoms with Crippen molar-refractivity contribution in [2.75, 3.05) is 12.5 Å². The molecule has 0 heterocycles. The lowest BCUT2D eigenvalue weighted by molar-refractivity contribution is -0.136. The van der Waals surface area contributed by atoms with Crippen molar-refractivity contribution in [2.45, 2.75) is 0 Å². The molecule has 0 spiro atoms. The van der Waals surface area contributed by atoms with Gasteiger partial charge in [-0.25, -0.2) is 0 Å². The molecule has 1 aromatic rings. The normalized spacial score (nSPS) is 9.50. The summed E-state index contributed by atoms with van der Waals surface area (Å²) in [6.45, 7) is -0.254. The summed E-state index contributed by atoms with van der Waals surface area (Å²) in [6, 6.07) is 8.81. The van der Waals surface area contributed by atoms with Gasteiger partial charge in [0.2, 0.25) is 11.6 Å². The van der Waals surface area contributed by atoms with Crippen LogP contribution in [0.4, 0.5) is 0 Å². The van der Waals surface area contributed by atoms with E-state index in [1.54, 1.807) is 24.3 Å². The van der Waals surface area contributed by atoms with E-state index in [2.05, 4.69) is 0 Å². The lowest BCUT2D eigenvalue weighted by Gasteiger charge is -2.02. The highest BCUT2D eigenvalue weighted by molar-refractivity contribution is 6.47. The van der Waals surface area contributed by atoms with Gasteiger partial charge in [0.15, 0.2) is 6.61 Å². The van der Waals surface area contributed by atoms with Crippen molar-refractivity contribution in [2.24, 2.45) is 0 Å². The number of ether oxygens (including phenoxy) is 1. The van der Waals surface area contributed by atoms with Crippen molar-refractivity contribution in [3.05, 3.63) is 30.3 Å². The largest absolute Gasteiger partial charge is 0.485 e. The van der Waals surface area contributed by atoms with Crippen LogP contribution in [0.5, 0.6) is 5.75 Å². The highest BCUT2D eigenvalue weighted by atomic mass is 35.5. The third kappa shape index (κ3) is 3.18. The molecule has 14 heavy (non-hydrogen) atoms. The van der Waals surface area contributed by atoms with Crippen molar-refractivity contribution >= 4 is 23.2 Å². The molecule has 0 aromatic heterocycles.